The van der Waals surface area contributed by atoms with Crippen molar-refractivity contribution in [2.75, 3.05) is 40.5 Å². The fourth-order valence-electron chi connectivity index (χ4n) is 5.76. The molecule has 0 aromatic rings. The SMILES string of the molecule is CCOC(=O)[C@H]1CC[C@H](OC(C(=O)OC(C)(C)C)(N2CCCC2)N2C[C@@H](C)CC2(OC)OC)CC1. The van der Waals surface area contributed by atoms with Crippen molar-refractivity contribution in [3.05, 3.63) is 0 Å². The van der Waals surface area contributed by atoms with E-state index < -0.39 is 23.3 Å². The fraction of sp³-hybridized carbons (Fsp3) is 0.923. The monoisotopic (exact) mass is 498 g/mol. The summed E-state index contributed by atoms with van der Waals surface area (Å²) >= 11 is 0. The summed E-state index contributed by atoms with van der Waals surface area (Å²) in [5, 5.41) is 0. The summed E-state index contributed by atoms with van der Waals surface area (Å²) in [4.78, 5) is 30.5. The number of likely N-dealkylation sites (tertiary alicyclic amines) is 2. The third-order valence-corrected chi connectivity index (χ3v) is 7.34. The lowest BCUT2D eigenvalue weighted by Gasteiger charge is -2.52. The quantitative estimate of drug-likeness (QED) is 0.350. The van der Waals surface area contributed by atoms with Gasteiger partial charge >= 0.3 is 11.9 Å². The van der Waals surface area contributed by atoms with Crippen LogP contribution in [0.3, 0.4) is 0 Å². The average Bonchev–Trinajstić information content (AvgIpc) is 3.45. The lowest BCUT2D eigenvalue weighted by molar-refractivity contribution is -0.371. The first-order valence-electron chi connectivity index (χ1n) is 13.2. The Morgan fingerprint density at radius 2 is 1.60 bits per heavy atom. The zero-order valence-electron chi connectivity index (χ0n) is 22.8. The van der Waals surface area contributed by atoms with Crippen LogP contribution in [-0.2, 0) is 33.3 Å². The Bertz CT molecular complexity index is 722. The maximum atomic E-state index is 14.2. The molecule has 3 fully saturated rings. The topological polar surface area (TPSA) is 86.8 Å². The standard InChI is InChI=1S/C26H46N2O7/c1-8-33-22(29)20-11-13-21(14-12-20)34-26(27-15-9-10-16-27,23(30)35-24(3,4)5)28-18-19(2)17-25(28,31-6)32-7/h19-21H,8-18H2,1-7H3/t19-,20-,21-,26?/m0/s1. The van der Waals surface area contributed by atoms with Crippen molar-refractivity contribution < 1.29 is 33.3 Å². The fourth-order valence-corrected chi connectivity index (χ4v) is 5.76. The Morgan fingerprint density at radius 1 is 1.00 bits per heavy atom. The number of hydrogen-bond donors (Lipinski definition) is 0. The van der Waals surface area contributed by atoms with Gasteiger partial charge in [0.2, 0.25) is 5.91 Å². The Kier molecular flexibility index (Phi) is 9.24. The minimum absolute atomic E-state index is 0.124. The van der Waals surface area contributed by atoms with Crippen LogP contribution in [0.1, 0.15) is 79.6 Å². The van der Waals surface area contributed by atoms with E-state index in [0.29, 0.717) is 58.3 Å². The Labute approximate surface area is 210 Å². The molecule has 1 aliphatic carbocycles. The predicted octanol–water partition coefficient (Wildman–Crippen LogP) is 3.50. The van der Waals surface area contributed by atoms with Gasteiger partial charge in [0.05, 0.1) is 18.6 Å². The molecule has 0 spiro atoms. The van der Waals surface area contributed by atoms with E-state index in [1.807, 2.05) is 32.6 Å². The molecule has 9 nitrogen and oxygen atoms in total. The highest BCUT2D eigenvalue weighted by molar-refractivity contribution is 5.79. The van der Waals surface area contributed by atoms with E-state index in [-0.39, 0.29) is 23.9 Å². The van der Waals surface area contributed by atoms with Crippen LogP contribution < -0.4 is 0 Å². The van der Waals surface area contributed by atoms with E-state index in [0.717, 1.165) is 12.8 Å². The molecule has 202 valence electrons. The van der Waals surface area contributed by atoms with Gasteiger partial charge in [-0.1, -0.05) is 6.92 Å². The van der Waals surface area contributed by atoms with Crippen LogP contribution in [0.5, 0.6) is 0 Å². The van der Waals surface area contributed by atoms with E-state index in [9.17, 15) is 9.59 Å². The lowest BCUT2D eigenvalue weighted by atomic mass is 9.87. The first kappa shape index (κ1) is 28.3. The van der Waals surface area contributed by atoms with Gasteiger partial charge in [-0.25, -0.2) is 9.69 Å². The summed E-state index contributed by atoms with van der Waals surface area (Å²) in [7, 11) is 3.23. The maximum absolute atomic E-state index is 14.2. The molecular weight excluding hydrogens is 452 g/mol. The van der Waals surface area contributed by atoms with Crippen LogP contribution in [0.15, 0.2) is 0 Å². The number of esters is 2. The molecule has 0 aromatic heterocycles. The van der Waals surface area contributed by atoms with Gasteiger partial charge in [-0.3, -0.25) is 9.69 Å². The largest absolute Gasteiger partial charge is 0.466 e. The summed E-state index contributed by atoms with van der Waals surface area (Å²) < 4.78 is 30.1. The third kappa shape index (κ3) is 6.01. The molecule has 3 aliphatic rings. The van der Waals surface area contributed by atoms with Crippen molar-refractivity contribution in [3.8, 4) is 0 Å². The van der Waals surface area contributed by atoms with E-state index in [1.54, 1.807) is 14.2 Å². The van der Waals surface area contributed by atoms with Gasteiger partial charge in [0.25, 0.3) is 5.85 Å². The van der Waals surface area contributed by atoms with E-state index in [1.165, 1.54) is 0 Å². The number of rotatable bonds is 9. The summed E-state index contributed by atoms with van der Waals surface area (Å²) in [6.07, 6.45) is 5.01. The van der Waals surface area contributed by atoms with Crippen molar-refractivity contribution in [2.45, 2.75) is 103 Å². The molecule has 2 aliphatic heterocycles. The van der Waals surface area contributed by atoms with Crippen LogP contribution >= 0.6 is 0 Å². The smallest absolute Gasteiger partial charge is 0.371 e. The maximum Gasteiger partial charge on any atom is 0.371 e. The Balaban J connectivity index is 1.98. The van der Waals surface area contributed by atoms with Gasteiger partial charge in [-0.15, -0.1) is 0 Å². The Hall–Kier alpha value is -1.26. The average molecular weight is 499 g/mol. The molecular formula is C26H46N2O7. The van der Waals surface area contributed by atoms with Crippen molar-refractivity contribution in [1.82, 2.24) is 9.80 Å². The molecule has 0 amide bonds. The molecule has 1 unspecified atom stereocenters. The summed E-state index contributed by atoms with van der Waals surface area (Å²) in [6.45, 7) is 11.9. The molecule has 2 saturated heterocycles. The molecule has 9 heteroatoms. The molecule has 3 rings (SSSR count). The minimum atomic E-state index is -1.48. The summed E-state index contributed by atoms with van der Waals surface area (Å²) in [5.74, 6) is -3.07. The second-order valence-corrected chi connectivity index (χ2v) is 11.2. The first-order chi connectivity index (χ1) is 16.5. The number of ether oxygens (including phenoxy) is 5. The minimum Gasteiger partial charge on any atom is -0.466 e. The first-order valence-corrected chi connectivity index (χ1v) is 13.2. The second-order valence-electron chi connectivity index (χ2n) is 11.2. The van der Waals surface area contributed by atoms with Crippen molar-refractivity contribution >= 4 is 11.9 Å². The molecule has 35 heavy (non-hydrogen) atoms. The molecule has 0 radical (unpaired) electrons. The van der Waals surface area contributed by atoms with Crippen molar-refractivity contribution in [3.63, 3.8) is 0 Å². The van der Waals surface area contributed by atoms with Gasteiger partial charge in [-0.2, -0.15) is 0 Å². The zero-order chi connectivity index (χ0) is 25.9. The lowest BCUT2D eigenvalue weighted by Crippen LogP contribution is -2.73. The molecule has 0 aromatic carbocycles. The second kappa shape index (κ2) is 11.4. The van der Waals surface area contributed by atoms with Crippen LogP contribution in [0.25, 0.3) is 0 Å². The van der Waals surface area contributed by atoms with Crippen LogP contribution in [-0.4, -0.2) is 85.7 Å². The van der Waals surface area contributed by atoms with Gasteiger partial charge in [0.15, 0.2) is 0 Å². The summed E-state index contributed by atoms with van der Waals surface area (Å²) in [5.41, 5.74) is -0.693. The van der Waals surface area contributed by atoms with Gasteiger partial charge < -0.3 is 23.7 Å². The molecule has 2 heterocycles. The van der Waals surface area contributed by atoms with Crippen LogP contribution in [0, 0.1) is 11.8 Å². The number of methoxy groups -OCH3 is 2. The van der Waals surface area contributed by atoms with E-state index in [2.05, 4.69) is 11.8 Å². The van der Waals surface area contributed by atoms with Crippen molar-refractivity contribution in [2.24, 2.45) is 11.8 Å². The van der Waals surface area contributed by atoms with Crippen LogP contribution in [0.2, 0.25) is 0 Å². The molecule has 2 atom stereocenters. The van der Waals surface area contributed by atoms with E-state index in [4.69, 9.17) is 23.7 Å². The highest BCUT2D eigenvalue weighted by Gasteiger charge is 2.64. The number of carbonyl (C=O) groups is 2. The van der Waals surface area contributed by atoms with Gasteiger partial charge in [-0.05, 0) is 72.1 Å². The number of carbonyl (C=O) groups excluding carboxylic acids is 2. The van der Waals surface area contributed by atoms with E-state index >= 15 is 0 Å². The van der Waals surface area contributed by atoms with Gasteiger partial charge in [0, 0.05) is 40.3 Å². The van der Waals surface area contributed by atoms with Gasteiger partial charge in [0.1, 0.15) is 5.60 Å². The predicted molar refractivity (Wildman–Crippen MR) is 130 cm³/mol. The molecule has 1 saturated carbocycles. The highest BCUT2D eigenvalue weighted by Crippen LogP contribution is 2.45. The zero-order valence-corrected chi connectivity index (χ0v) is 22.8. The molecule has 0 bridgehead atoms. The highest BCUT2D eigenvalue weighted by atomic mass is 16.7. The number of nitrogens with zero attached hydrogens (tertiary/aromatic N) is 2. The molecule has 0 N–H and O–H groups in total. The van der Waals surface area contributed by atoms with Crippen LogP contribution in [0.4, 0.5) is 0 Å². The summed E-state index contributed by atoms with van der Waals surface area (Å²) in [6, 6.07) is 0. The van der Waals surface area contributed by atoms with Crippen molar-refractivity contribution in [1.29, 1.82) is 0 Å². The number of hydrogen-bond acceptors (Lipinski definition) is 9. The third-order valence-electron chi connectivity index (χ3n) is 7.34. The normalized spacial score (nSPS) is 29.6. The Morgan fingerprint density at radius 3 is 2.11 bits per heavy atom.